The van der Waals surface area contributed by atoms with Gasteiger partial charge in [0.25, 0.3) is 5.88 Å². The van der Waals surface area contributed by atoms with E-state index in [-0.39, 0.29) is 17.4 Å². The van der Waals surface area contributed by atoms with Gasteiger partial charge in [-0.15, -0.1) is 0 Å². The second-order valence-electron chi connectivity index (χ2n) is 4.93. The molecule has 0 bridgehead atoms. The Kier molecular flexibility index (Phi) is 5.68. The minimum atomic E-state index is -0.503. The number of hydrogen-bond acceptors (Lipinski definition) is 7. The van der Waals surface area contributed by atoms with E-state index in [1.807, 2.05) is 6.92 Å². The van der Waals surface area contributed by atoms with Crippen molar-refractivity contribution in [3.05, 3.63) is 16.4 Å². The minimum Gasteiger partial charge on any atom is -0.472 e. The van der Waals surface area contributed by atoms with Gasteiger partial charge in [0.1, 0.15) is 6.33 Å². The summed E-state index contributed by atoms with van der Waals surface area (Å²) in [4.78, 5) is 18.6. The molecule has 8 heteroatoms. The first-order valence-corrected chi connectivity index (χ1v) is 7.16. The number of anilines is 1. The molecule has 1 aliphatic rings. The van der Waals surface area contributed by atoms with Crippen molar-refractivity contribution in [1.29, 1.82) is 0 Å². The van der Waals surface area contributed by atoms with Crippen LogP contribution in [-0.4, -0.2) is 41.3 Å². The summed E-state index contributed by atoms with van der Waals surface area (Å²) >= 11 is 0. The van der Waals surface area contributed by atoms with E-state index in [0.717, 1.165) is 19.3 Å². The molecule has 116 valence electrons. The quantitative estimate of drug-likeness (QED) is 0.606. The Balaban J connectivity index is 2.07. The van der Waals surface area contributed by atoms with Gasteiger partial charge >= 0.3 is 5.69 Å². The van der Waals surface area contributed by atoms with E-state index in [1.165, 1.54) is 6.33 Å². The molecule has 2 rings (SSSR count). The van der Waals surface area contributed by atoms with Crippen molar-refractivity contribution in [2.75, 3.05) is 31.7 Å². The van der Waals surface area contributed by atoms with E-state index in [1.54, 1.807) is 0 Å². The van der Waals surface area contributed by atoms with E-state index in [0.29, 0.717) is 32.3 Å². The molecule has 1 aromatic rings. The molecule has 21 heavy (non-hydrogen) atoms. The Bertz CT molecular complexity index is 477. The fourth-order valence-electron chi connectivity index (χ4n) is 2.12. The molecule has 0 spiro atoms. The third-order valence-corrected chi connectivity index (χ3v) is 3.31. The third kappa shape index (κ3) is 4.25. The monoisotopic (exact) mass is 296 g/mol. The van der Waals surface area contributed by atoms with Crippen molar-refractivity contribution < 1.29 is 14.4 Å². The average molecular weight is 296 g/mol. The molecule has 0 aliphatic carbocycles. The number of nitrogens with one attached hydrogen (secondary N) is 1. The van der Waals surface area contributed by atoms with Crippen molar-refractivity contribution in [1.82, 2.24) is 9.97 Å². The molecule has 8 nitrogen and oxygen atoms in total. The first kappa shape index (κ1) is 15.4. The molecule has 0 amide bonds. The van der Waals surface area contributed by atoms with Crippen molar-refractivity contribution >= 4 is 11.5 Å². The summed E-state index contributed by atoms with van der Waals surface area (Å²) < 4.78 is 10.8. The lowest BCUT2D eigenvalue weighted by Crippen LogP contribution is -2.22. The molecule has 1 aliphatic heterocycles. The highest BCUT2D eigenvalue weighted by atomic mass is 16.6. The predicted molar refractivity (Wildman–Crippen MR) is 76.5 cm³/mol. The maximum atomic E-state index is 11.2. The molecule has 0 saturated carbocycles. The van der Waals surface area contributed by atoms with E-state index in [2.05, 4.69) is 15.3 Å². The van der Waals surface area contributed by atoms with Gasteiger partial charge in [0.05, 0.1) is 11.5 Å². The van der Waals surface area contributed by atoms with Gasteiger partial charge < -0.3 is 14.8 Å². The lowest BCUT2D eigenvalue weighted by atomic mass is 10.0. The second-order valence-corrected chi connectivity index (χ2v) is 4.93. The van der Waals surface area contributed by atoms with Gasteiger partial charge in [0, 0.05) is 19.8 Å². The summed E-state index contributed by atoms with van der Waals surface area (Å²) in [7, 11) is 0. The molecular weight excluding hydrogens is 276 g/mol. The molecule has 1 fully saturated rings. The largest absolute Gasteiger partial charge is 0.472 e. The molecule has 0 aromatic carbocycles. The van der Waals surface area contributed by atoms with Crippen LogP contribution in [0.15, 0.2) is 6.33 Å². The number of hydrogen-bond donors (Lipinski definition) is 1. The van der Waals surface area contributed by atoms with Crippen molar-refractivity contribution in [2.24, 2.45) is 5.92 Å². The van der Waals surface area contributed by atoms with Gasteiger partial charge in [0.2, 0.25) is 5.82 Å². The second kappa shape index (κ2) is 7.72. The van der Waals surface area contributed by atoms with Gasteiger partial charge in [0.15, 0.2) is 0 Å². The highest BCUT2D eigenvalue weighted by molar-refractivity contribution is 5.61. The number of ether oxygens (including phenoxy) is 2. The summed E-state index contributed by atoms with van der Waals surface area (Å²) in [6.07, 6.45) is 3.93. The van der Waals surface area contributed by atoms with Crippen molar-refractivity contribution in [2.45, 2.75) is 26.2 Å². The van der Waals surface area contributed by atoms with Crippen LogP contribution in [0.2, 0.25) is 0 Å². The zero-order valence-corrected chi connectivity index (χ0v) is 12.1. The highest BCUT2D eigenvalue weighted by Gasteiger charge is 2.25. The highest BCUT2D eigenvalue weighted by Crippen LogP contribution is 2.31. The Morgan fingerprint density at radius 3 is 2.90 bits per heavy atom. The first-order chi connectivity index (χ1) is 10.2. The molecule has 1 N–H and O–H groups in total. The van der Waals surface area contributed by atoms with E-state index >= 15 is 0 Å². The number of rotatable bonds is 7. The van der Waals surface area contributed by atoms with Crippen LogP contribution >= 0.6 is 0 Å². The van der Waals surface area contributed by atoms with E-state index < -0.39 is 4.92 Å². The van der Waals surface area contributed by atoms with E-state index in [9.17, 15) is 10.1 Å². The molecular formula is C13H20N4O4. The first-order valence-electron chi connectivity index (χ1n) is 7.16. The number of aromatic nitrogens is 2. The Hall–Kier alpha value is -1.96. The minimum absolute atomic E-state index is 0.0279. The summed E-state index contributed by atoms with van der Waals surface area (Å²) in [6.45, 7) is 4.42. The zero-order chi connectivity index (χ0) is 15.1. The third-order valence-electron chi connectivity index (χ3n) is 3.31. The summed E-state index contributed by atoms with van der Waals surface area (Å²) in [5, 5.41) is 14.2. The summed E-state index contributed by atoms with van der Waals surface area (Å²) in [5.41, 5.74) is -0.196. The maximum Gasteiger partial charge on any atom is 0.372 e. The lowest BCUT2D eigenvalue weighted by molar-refractivity contribution is -0.385. The Morgan fingerprint density at radius 2 is 2.24 bits per heavy atom. The van der Waals surface area contributed by atoms with Gasteiger partial charge in [-0.25, -0.2) is 4.98 Å². The van der Waals surface area contributed by atoms with Crippen LogP contribution in [0.1, 0.15) is 26.2 Å². The van der Waals surface area contributed by atoms with Crippen LogP contribution in [0.4, 0.5) is 11.5 Å². The van der Waals surface area contributed by atoms with Crippen molar-refractivity contribution in [3.8, 4) is 5.88 Å². The normalized spacial score (nSPS) is 15.7. The van der Waals surface area contributed by atoms with Crippen LogP contribution in [0.3, 0.4) is 0 Å². The van der Waals surface area contributed by atoms with Crippen LogP contribution in [0.25, 0.3) is 0 Å². The van der Waals surface area contributed by atoms with E-state index in [4.69, 9.17) is 9.47 Å². The predicted octanol–water partition coefficient (Wildman–Crippen LogP) is 2.01. The zero-order valence-electron chi connectivity index (χ0n) is 12.1. The van der Waals surface area contributed by atoms with Crippen LogP contribution in [-0.2, 0) is 4.74 Å². The average Bonchev–Trinajstić information content (AvgIpc) is 2.51. The number of nitro groups is 1. The van der Waals surface area contributed by atoms with Crippen LogP contribution < -0.4 is 10.1 Å². The molecule has 0 atom stereocenters. The number of nitrogens with zero attached hydrogens (tertiary/aromatic N) is 3. The molecule has 1 saturated heterocycles. The van der Waals surface area contributed by atoms with Crippen molar-refractivity contribution in [3.63, 3.8) is 0 Å². The molecule has 1 aromatic heterocycles. The van der Waals surface area contributed by atoms with Gasteiger partial charge in [-0.1, -0.05) is 6.92 Å². The fraction of sp³-hybridized carbons (Fsp3) is 0.692. The molecule has 0 radical (unpaired) electrons. The molecule has 2 heterocycles. The topological polar surface area (TPSA) is 99.4 Å². The van der Waals surface area contributed by atoms with Crippen LogP contribution in [0.5, 0.6) is 5.88 Å². The van der Waals surface area contributed by atoms with Gasteiger partial charge in [-0.05, 0) is 25.2 Å². The molecule has 0 unspecified atom stereocenters. The Morgan fingerprint density at radius 1 is 1.48 bits per heavy atom. The standard InChI is InChI=1S/C13H20N4O4/c1-2-5-14-12-11(17(18)19)13(16-9-15-12)21-8-10-3-6-20-7-4-10/h9-10H,2-8H2,1H3,(H,14,15,16). The van der Waals surface area contributed by atoms with Crippen LogP contribution in [0, 0.1) is 16.0 Å². The Labute approximate surface area is 123 Å². The SMILES string of the molecule is CCCNc1ncnc(OCC2CCOCC2)c1[N+](=O)[O-]. The summed E-state index contributed by atoms with van der Waals surface area (Å²) in [6, 6.07) is 0. The van der Waals surface area contributed by atoms with Gasteiger partial charge in [-0.3, -0.25) is 10.1 Å². The van der Waals surface area contributed by atoms with Gasteiger partial charge in [-0.2, -0.15) is 4.98 Å². The fourth-order valence-corrected chi connectivity index (χ4v) is 2.12. The summed E-state index contributed by atoms with van der Waals surface area (Å²) in [5.74, 6) is 0.583. The smallest absolute Gasteiger partial charge is 0.372 e. The maximum absolute atomic E-state index is 11.2. The lowest BCUT2D eigenvalue weighted by Gasteiger charge is -2.21.